The SMILES string of the molecule is NCCCCc1c(-c2cccnc2)[nH]c2c(C(F)(F)F)cc(Cl)cc12. The van der Waals surface area contributed by atoms with Crippen LogP contribution in [0.1, 0.15) is 24.0 Å². The molecule has 3 aromatic rings. The fourth-order valence-corrected chi connectivity index (χ4v) is 3.22. The number of hydrogen-bond donors (Lipinski definition) is 2. The predicted octanol–water partition coefficient (Wildman–Crippen LogP) is 5.18. The molecule has 0 saturated heterocycles. The number of halogens is 4. The quantitative estimate of drug-likeness (QED) is 0.610. The highest BCUT2D eigenvalue weighted by Crippen LogP contribution is 2.40. The number of aromatic nitrogens is 2. The number of alkyl halides is 3. The molecule has 2 heterocycles. The van der Waals surface area contributed by atoms with E-state index in [1.807, 2.05) is 6.07 Å². The van der Waals surface area contributed by atoms with Crippen LogP contribution in [0.2, 0.25) is 5.02 Å². The normalized spacial score (nSPS) is 12.0. The number of aromatic amines is 1. The number of nitrogens with two attached hydrogens (primary N) is 1. The zero-order valence-corrected chi connectivity index (χ0v) is 14.1. The zero-order valence-electron chi connectivity index (χ0n) is 13.3. The minimum absolute atomic E-state index is 0.0542. The van der Waals surface area contributed by atoms with Crippen molar-refractivity contribution >= 4 is 22.5 Å². The molecule has 0 aliphatic carbocycles. The van der Waals surface area contributed by atoms with Crippen LogP contribution in [0.15, 0.2) is 36.7 Å². The number of fused-ring (bicyclic) bond motifs is 1. The average Bonchev–Trinajstić information content (AvgIpc) is 2.93. The molecule has 25 heavy (non-hydrogen) atoms. The average molecular weight is 368 g/mol. The Morgan fingerprint density at radius 2 is 2.00 bits per heavy atom. The van der Waals surface area contributed by atoms with Crippen LogP contribution in [-0.2, 0) is 12.6 Å². The molecule has 3 nitrogen and oxygen atoms in total. The Morgan fingerprint density at radius 1 is 1.20 bits per heavy atom. The van der Waals surface area contributed by atoms with Crippen LogP contribution in [-0.4, -0.2) is 16.5 Å². The smallest absolute Gasteiger partial charge is 0.354 e. The molecule has 132 valence electrons. The molecule has 0 spiro atoms. The van der Waals surface area contributed by atoms with E-state index >= 15 is 0 Å². The van der Waals surface area contributed by atoms with E-state index in [0.29, 0.717) is 24.0 Å². The van der Waals surface area contributed by atoms with Gasteiger partial charge >= 0.3 is 6.18 Å². The van der Waals surface area contributed by atoms with Crippen molar-refractivity contribution in [1.82, 2.24) is 9.97 Å². The summed E-state index contributed by atoms with van der Waals surface area (Å²) in [6.07, 6.45) is 0.953. The van der Waals surface area contributed by atoms with Crippen molar-refractivity contribution in [1.29, 1.82) is 0 Å². The summed E-state index contributed by atoms with van der Waals surface area (Å²) in [6, 6.07) is 6.11. The monoisotopic (exact) mass is 367 g/mol. The highest BCUT2D eigenvalue weighted by Gasteiger charge is 2.34. The molecule has 0 atom stereocenters. The number of pyridine rings is 1. The van der Waals surface area contributed by atoms with Crippen LogP contribution >= 0.6 is 11.6 Å². The van der Waals surface area contributed by atoms with Crippen molar-refractivity contribution < 1.29 is 13.2 Å². The second kappa shape index (κ2) is 7.06. The standard InChI is InChI=1S/C18H17ClF3N3/c19-12-8-14-13(5-1-2-6-23)16(11-4-3-7-24-10-11)25-17(14)15(9-12)18(20,21)22/h3-4,7-10,25H,1-2,5-6,23H2. The third-order valence-electron chi connectivity index (χ3n) is 4.12. The van der Waals surface area contributed by atoms with Crippen molar-refractivity contribution in [2.45, 2.75) is 25.4 Å². The molecule has 0 saturated carbocycles. The van der Waals surface area contributed by atoms with Gasteiger partial charge in [-0.3, -0.25) is 4.98 Å². The topological polar surface area (TPSA) is 54.7 Å². The Hall–Kier alpha value is -2.05. The number of benzene rings is 1. The molecule has 0 amide bonds. The number of nitrogens with zero attached hydrogens (tertiary/aromatic N) is 1. The first-order chi connectivity index (χ1) is 11.9. The molecule has 0 aliphatic heterocycles. The Kier molecular flexibility index (Phi) is 5.01. The van der Waals surface area contributed by atoms with Crippen LogP contribution in [0.5, 0.6) is 0 Å². The Bertz CT molecular complexity index is 873. The van der Waals surface area contributed by atoms with E-state index in [0.717, 1.165) is 30.0 Å². The summed E-state index contributed by atoms with van der Waals surface area (Å²) >= 11 is 5.97. The van der Waals surface area contributed by atoms with Crippen LogP contribution in [0.25, 0.3) is 22.2 Å². The van der Waals surface area contributed by atoms with Crippen LogP contribution in [0.3, 0.4) is 0 Å². The molecule has 0 aliphatic rings. The fraction of sp³-hybridized carbons (Fsp3) is 0.278. The summed E-state index contributed by atoms with van der Waals surface area (Å²) in [6.45, 7) is 0.541. The lowest BCUT2D eigenvalue weighted by Crippen LogP contribution is -2.05. The van der Waals surface area contributed by atoms with Gasteiger partial charge in [0, 0.05) is 28.4 Å². The van der Waals surface area contributed by atoms with Gasteiger partial charge in [0.25, 0.3) is 0 Å². The Balaban J connectivity index is 2.25. The summed E-state index contributed by atoms with van der Waals surface area (Å²) in [7, 11) is 0. The third-order valence-corrected chi connectivity index (χ3v) is 4.33. The number of unbranched alkanes of at least 4 members (excludes halogenated alkanes) is 1. The number of hydrogen-bond acceptors (Lipinski definition) is 2. The number of H-pyrrole nitrogens is 1. The summed E-state index contributed by atoms with van der Waals surface area (Å²) in [5, 5.41) is 0.562. The van der Waals surface area contributed by atoms with Crippen molar-refractivity contribution in [2.75, 3.05) is 6.54 Å². The fourth-order valence-electron chi connectivity index (χ4n) is 3.00. The number of aryl methyl sites for hydroxylation is 1. The van der Waals surface area contributed by atoms with Gasteiger partial charge in [0.1, 0.15) is 0 Å². The van der Waals surface area contributed by atoms with Crippen LogP contribution in [0, 0.1) is 0 Å². The number of rotatable bonds is 5. The van der Waals surface area contributed by atoms with Crippen LogP contribution in [0.4, 0.5) is 13.2 Å². The lowest BCUT2D eigenvalue weighted by atomic mass is 10.00. The second-order valence-corrected chi connectivity index (χ2v) is 6.28. The van der Waals surface area contributed by atoms with Gasteiger partial charge in [0.15, 0.2) is 0 Å². The summed E-state index contributed by atoms with van der Waals surface area (Å²) < 4.78 is 40.3. The van der Waals surface area contributed by atoms with Gasteiger partial charge < -0.3 is 10.7 Å². The van der Waals surface area contributed by atoms with E-state index in [1.54, 1.807) is 24.5 Å². The molecule has 0 unspecified atom stereocenters. The first kappa shape index (κ1) is 17.8. The molecular formula is C18H17ClF3N3. The Labute approximate surface area is 148 Å². The molecule has 0 radical (unpaired) electrons. The molecule has 7 heteroatoms. The molecule has 3 N–H and O–H groups in total. The van der Waals surface area contributed by atoms with Crippen molar-refractivity contribution in [3.63, 3.8) is 0 Å². The van der Waals surface area contributed by atoms with Gasteiger partial charge in [-0.2, -0.15) is 13.2 Å². The van der Waals surface area contributed by atoms with Gasteiger partial charge in [-0.1, -0.05) is 11.6 Å². The first-order valence-corrected chi connectivity index (χ1v) is 8.31. The maximum Gasteiger partial charge on any atom is 0.418 e. The molecule has 3 rings (SSSR count). The van der Waals surface area contributed by atoms with Gasteiger partial charge in [-0.15, -0.1) is 0 Å². The van der Waals surface area contributed by atoms with E-state index < -0.39 is 11.7 Å². The van der Waals surface area contributed by atoms with Crippen molar-refractivity contribution in [3.8, 4) is 11.3 Å². The lowest BCUT2D eigenvalue weighted by Gasteiger charge is -2.09. The summed E-state index contributed by atoms with van der Waals surface area (Å²) in [5.74, 6) is 0. The van der Waals surface area contributed by atoms with E-state index in [9.17, 15) is 13.2 Å². The maximum atomic E-state index is 13.4. The Morgan fingerprint density at radius 3 is 2.64 bits per heavy atom. The zero-order chi connectivity index (χ0) is 18.0. The minimum Gasteiger partial charge on any atom is -0.354 e. The van der Waals surface area contributed by atoms with Gasteiger partial charge in [0.2, 0.25) is 0 Å². The number of nitrogens with one attached hydrogen (secondary N) is 1. The molecule has 0 bridgehead atoms. The summed E-state index contributed by atoms with van der Waals surface area (Å²) in [5.41, 5.74) is 7.04. The largest absolute Gasteiger partial charge is 0.418 e. The maximum absolute atomic E-state index is 13.4. The first-order valence-electron chi connectivity index (χ1n) is 7.93. The van der Waals surface area contributed by atoms with Gasteiger partial charge in [0.05, 0.1) is 16.8 Å². The van der Waals surface area contributed by atoms with E-state index in [2.05, 4.69) is 9.97 Å². The van der Waals surface area contributed by atoms with Crippen molar-refractivity contribution in [2.24, 2.45) is 5.73 Å². The van der Waals surface area contributed by atoms with E-state index in [1.165, 1.54) is 0 Å². The lowest BCUT2D eigenvalue weighted by molar-refractivity contribution is -0.136. The van der Waals surface area contributed by atoms with E-state index in [-0.39, 0.29) is 10.5 Å². The van der Waals surface area contributed by atoms with Crippen molar-refractivity contribution in [3.05, 3.63) is 52.8 Å². The second-order valence-electron chi connectivity index (χ2n) is 5.84. The molecule has 0 fully saturated rings. The highest BCUT2D eigenvalue weighted by molar-refractivity contribution is 6.31. The van der Waals surface area contributed by atoms with E-state index in [4.69, 9.17) is 17.3 Å². The summed E-state index contributed by atoms with van der Waals surface area (Å²) in [4.78, 5) is 7.03. The molecule has 2 aromatic heterocycles. The minimum atomic E-state index is -4.49. The van der Waals surface area contributed by atoms with Gasteiger partial charge in [-0.05, 0) is 55.6 Å². The van der Waals surface area contributed by atoms with Crippen LogP contribution < -0.4 is 5.73 Å². The predicted molar refractivity (Wildman–Crippen MR) is 93.5 cm³/mol. The van der Waals surface area contributed by atoms with Gasteiger partial charge in [-0.25, -0.2) is 0 Å². The highest BCUT2D eigenvalue weighted by atomic mass is 35.5. The molecular weight excluding hydrogens is 351 g/mol. The third kappa shape index (κ3) is 3.65. The molecule has 1 aromatic carbocycles.